The minimum absolute atomic E-state index is 0. The van der Waals surface area contributed by atoms with Crippen molar-refractivity contribution in [3.63, 3.8) is 0 Å². The van der Waals surface area contributed by atoms with Crippen molar-refractivity contribution in [3.05, 3.63) is 83.6 Å². The van der Waals surface area contributed by atoms with Crippen molar-refractivity contribution in [1.82, 2.24) is 0 Å². The van der Waals surface area contributed by atoms with Crippen LogP contribution in [-0.2, 0) is 16.1 Å². The number of carbonyl (C=O) groups is 2. The van der Waals surface area contributed by atoms with Crippen LogP contribution in [0.15, 0.2) is 72.9 Å². The molecule has 0 bridgehead atoms. The molecule has 4 rings (SSSR count). The van der Waals surface area contributed by atoms with Crippen LogP contribution in [0.3, 0.4) is 0 Å². The molecule has 0 radical (unpaired) electrons. The first-order valence-electron chi connectivity index (χ1n) is 9.08. The number of hydrogen-bond donors (Lipinski definition) is 1. The zero-order valence-electron chi connectivity index (χ0n) is 16.1. The van der Waals surface area contributed by atoms with Crippen molar-refractivity contribution in [2.75, 3.05) is 17.3 Å². The molecule has 0 saturated heterocycles. The van der Waals surface area contributed by atoms with Crippen LogP contribution in [0, 0.1) is 0 Å². The van der Waals surface area contributed by atoms with Crippen LogP contribution in [0.4, 0.5) is 11.4 Å². The molecular formula is C22H19ClIN3O3. The number of amides is 2. The number of nitrogens with zero attached hydrogens (tertiary/aromatic N) is 2. The van der Waals surface area contributed by atoms with E-state index in [-0.39, 0.29) is 42.3 Å². The van der Waals surface area contributed by atoms with Crippen molar-refractivity contribution >= 4 is 34.8 Å². The molecule has 1 aromatic heterocycles. The van der Waals surface area contributed by atoms with Crippen LogP contribution < -0.4 is 43.5 Å². The molecule has 2 aromatic carbocycles. The van der Waals surface area contributed by atoms with Crippen molar-refractivity contribution in [3.8, 4) is 5.75 Å². The lowest BCUT2D eigenvalue weighted by atomic mass is 10.0. The van der Waals surface area contributed by atoms with E-state index in [1.165, 1.54) is 4.90 Å². The zero-order chi connectivity index (χ0) is 20.4. The third-order valence-corrected chi connectivity index (χ3v) is 5.05. The molecular weight excluding hydrogens is 517 g/mol. The van der Waals surface area contributed by atoms with Gasteiger partial charge in [0.15, 0.2) is 6.20 Å². The monoisotopic (exact) mass is 535 g/mol. The molecule has 8 heteroatoms. The van der Waals surface area contributed by atoms with Crippen LogP contribution in [0.25, 0.3) is 0 Å². The van der Waals surface area contributed by atoms with Crippen molar-refractivity contribution < 1.29 is 42.9 Å². The van der Waals surface area contributed by atoms with Crippen molar-refractivity contribution in [2.24, 2.45) is 0 Å². The third-order valence-electron chi connectivity index (χ3n) is 4.80. The van der Waals surface area contributed by atoms with Crippen LogP contribution in [0.2, 0.25) is 5.02 Å². The predicted octanol–water partition coefficient (Wildman–Crippen LogP) is 0.367. The van der Waals surface area contributed by atoms with Gasteiger partial charge in [-0.3, -0.25) is 14.5 Å². The molecule has 1 unspecified atom stereocenters. The van der Waals surface area contributed by atoms with Gasteiger partial charge >= 0.3 is 0 Å². The van der Waals surface area contributed by atoms with E-state index in [1.54, 1.807) is 66.4 Å². The molecule has 1 atom stereocenters. The predicted molar refractivity (Wildman–Crippen MR) is 110 cm³/mol. The Balaban J connectivity index is 0.00000256. The molecule has 0 aliphatic carbocycles. The van der Waals surface area contributed by atoms with Gasteiger partial charge in [0, 0.05) is 28.5 Å². The largest absolute Gasteiger partial charge is 1.00 e. The van der Waals surface area contributed by atoms with Gasteiger partial charge < -0.3 is 34.0 Å². The number of ether oxygens (including phenoxy) is 1. The number of pyridine rings is 1. The first kappa shape index (κ1) is 22.0. The van der Waals surface area contributed by atoms with Gasteiger partial charge in [0.2, 0.25) is 18.3 Å². The second-order valence-corrected chi connectivity index (χ2v) is 7.05. The van der Waals surface area contributed by atoms with Gasteiger partial charge in [-0.25, -0.2) is 0 Å². The quantitative estimate of drug-likeness (QED) is 0.388. The van der Waals surface area contributed by atoms with Crippen LogP contribution in [0.1, 0.15) is 11.7 Å². The third kappa shape index (κ3) is 4.41. The summed E-state index contributed by atoms with van der Waals surface area (Å²) in [5.74, 6) is 0.196. The standard InChI is InChI=1S/C22H18ClN3O3.HI/c1-29-18-11-9-17(10-12-18)26-20(27)14-25-13-3-2-4-19(25)21(26)22(28)24-16-7-5-15(23)6-8-16;/h2-13,21H,14H2,1H3;1H. The zero-order valence-corrected chi connectivity index (χ0v) is 19.0. The summed E-state index contributed by atoms with van der Waals surface area (Å²) in [4.78, 5) is 27.8. The minimum Gasteiger partial charge on any atom is -1.00 e. The van der Waals surface area contributed by atoms with E-state index in [0.29, 0.717) is 22.1 Å². The van der Waals surface area contributed by atoms with Crippen LogP contribution in [-0.4, -0.2) is 18.9 Å². The summed E-state index contributed by atoms with van der Waals surface area (Å²) >= 11 is 5.93. The minimum atomic E-state index is -0.818. The molecule has 1 N–H and O–H groups in total. The fraction of sp³-hybridized carbons (Fsp3) is 0.136. The van der Waals surface area contributed by atoms with E-state index in [1.807, 2.05) is 18.2 Å². The number of rotatable bonds is 4. The van der Waals surface area contributed by atoms with Gasteiger partial charge in [-0.2, -0.15) is 4.57 Å². The smallest absolute Gasteiger partial charge is 0.294 e. The number of benzene rings is 2. The second kappa shape index (κ2) is 9.44. The Morgan fingerprint density at radius 2 is 1.80 bits per heavy atom. The molecule has 2 amide bonds. The number of nitrogens with one attached hydrogen (secondary N) is 1. The maximum Gasteiger partial charge on any atom is 0.294 e. The molecule has 154 valence electrons. The fourth-order valence-corrected chi connectivity index (χ4v) is 3.54. The number of hydrogen-bond acceptors (Lipinski definition) is 3. The summed E-state index contributed by atoms with van der Waals surface area (Å²) in [5.41, 5.74) is 1.96. The first-order valence-corrected chi connectivity index (χ1v) is 9.45. The maximum atomic E-state index is 13.3. The van der Waals surface area contributed by atoms with E-state index in [4.69, 9.17) is 16.3 Å². The normalized spacial score (nSPS) is 15.1. The summed E-state index contributed by atoms with van der Waals surface area (Å²) in [6.45, 7) is 0.160. The lowest BCUT2D eigenvalue weighted by Gasteiger charge is -2.32. The van der Waals surface area contributed by atoms with Gasteiger partial charge in [0.25, 0.3) is 11.8 Å². The van der Waals surface area contributed by atoms with E-state index < -0.39 is 6.04 Å². The van der Waals surface area contributed by atoms with Crippen LogP contribution >= 0.6 is 11.6 Å². The highest BCUT2D eigenvalue weighted by atomic mass is 127. The lowest BCUT2D eigenvalue weighted by Crippen LogP contribution is -3.00. The molecule has 1 aliphatic rings. The number of halogens is 2. The van der Waals surface area contributed by atoms with Gasteiger partial charge in [0.05, 0.1) is 7.11 Å². The number of methoxy groups -OCH3 is 1. The Morgan fingerprint density at radius 3 is 2.47 bits per heavy atom. The summed E-state index contributed by atoms with van der Waals surface area (Å²) < 4.78 is 7.00. The highest BCUT2D eigenvalue weighted by molar-refractivity contribution is 6.30. The number of carbonyl (C=O) groups excluding carboxylic acids is 2. The van der Waals surface area contributed by atoms with Gasteiger partial charge in [0.1, 0.15) is 5.75 Å². The molecule has 0 spiro atoms. The van der Waals surface area contributed by atoms with Crippen LogP contribution in [0.5, 0.6) is 5.75 Å². The van der Waals surface area contributed by atoms with E-state index in [2.05, 4.69) is 5.32 Å². The number of fused-ring (bicyclic) bond motifs is 1. The molecule has 2 heterocycles. The Morgan fingerprint density at radius 1 is 1.10 bits per heavy atom. The Labute approximate surface area is 196 Å². The van der Waals surface area contributed by atoms with E-state index >= 15 is 0 Å². The fourth-order valence-electron chi connectivity index (χ4n) is 3.41. The summed E-state index contributed by atoms with van der Waals surface area (Å²) in [6, 6.07) is 18.7. The van der Waals surface area contributed by atoms with E-state index in [9.17, 15) is 9.59 Å². The first-order chi connectivity index (χ1) is 14.1. The second-order valence-electron chi connectivity index (χ2n) is 6.61. The Hall–Kier alpha value is -2.65. The number of anilines is 2. The van der Waals surface area contributed by atoms with Gasteiger partial charge in [-0.15, -0.1) is 0 Å². The summed E-state index contributed by atoms with van der Waals surface area (Å²) in [5, 5.41) is 3.47. The maximum absolute atomic E-state index is 13.3. The Kier molecular flexibility index (Phi) is 6.94. The van der Waals surface area contributed by atoms with Gasteiger partial charge in [-0.1, -0.05) is 17.7 Å². The molecule has 3 aromatic rings. The SMILES string of the molecule is COc1ccc(N2C(=O)C[n+]3ccccc3C2C(=O)Nc2ccc(Cl)cc2)cc1.[I-]. The summed E-state index contributed by atoms with van der Waals surface area (Å²) in [6.07, 6.45) is 1.81. The van der Waals surface area contributed by atoms with Gasteiger partial charge in [-0.05, 0) is 48.5 Å². The average molecular weight is 536 g/mol. The topological polar surface area (TPSA) is 62.5 Å². The summed E-state index contributed by atoms with van der Waals surface area (Å²) in [7, 11) is 1.58. The molecule has 0 fully saturated rings. The molecule has 30 heavy (non-hydrogen) atoms. The highest BCUT2D eigenvalue weighted by Crippen LogP contribution is 2.31. The highest BCUT2D eigenvalue weighted by Gasteiger charge is 2.43. The lowest BCUT2D eigenvalue weighted by molar-refractivity contribution is -0.695. The van der Waals surface area contributed by atoms with E-state index in [0.717, 1.165) is 5.69 Å². The van der Waals surface area contributed by atoms with Crippen molar-refractivity contribution in [2.45, 2.75) is 12.6 Å². The Bertz CT molecular complexity index is 1060. The molecule has 1 aliphatic heterocycles. The molecule has 0 saturated carbocycles. The van der Waals surface area contributed by atoms with Crippen molar-refractivity contribution in [1.29, 1.82) is 0 Å². The molecule has 6 nitrogen and oxygen atoms in total. The average Bonchev–Trinajstić information content (AvgIpc) is 2.74. The number of aromatic nitrogens is 1.